The second-order valence-corrected chi connectivity index (χ2v) is 4.60. The normalized spacial score (nSPS) is 11.4. The first-order valence-electron chi connectivity index (χ1n) is 6.42. The van der Waals surface area contributed by atoms with Gasteiger partial charge in [0.15, 0.2) is 0 Å². The lowest BCUT2D eigenvalue weighted by molar-refractivity contribution is -0.135. The highest BCUT2D eigenvalue weighted by Crippen LogP contribution is 2.17. The quantitative estimate of drug-likeness (QED) is 0.743. The molecule has 1 unspecified atom stereocenters. The molecule has 1 atom stereocenters. The Hall–Kier alpha value is -2.57. The van der Waals surface area contributed by atoms with Crippen molar-refractivity contribution in [3.63, 3.8) is 0 Å². The second kappa shape index (κ2) is 7.28. The molecule has 0 heterocycles. The predicted octanol–water partition coefficient (Wildman–Crippen LogP) is 0.730. The fraction of sp³-hybridized carbons (Fsp3) is 0.357. The van der Waals surface area contributed by atoms with Crippen molar-refractivity contribution in [2.75, 3.05) is 18.5 Å². The third-order valence-electron chi connectivity index (χ3n) is 2.98. The first kappa shape index (κ1) is 16.5. The number of rotatable bonds is 5. The molecule has 0 aromatic heterocycles. The van der Waals surface area contributed by atoms with Gasteiger partial charge in [-0.3, -0.25) is 14.9 Å². The maximum atomic E-state index is 12.0. The van der Waals surface area contributed by atoms with Crippen LogP contribution in [-0.2, 0) is 9.59 Å². The number of hydrogen-bond donors (Lipinski definition) is 3. The van der Waals surface area contributed by atoms with Crippen LogP contribution in [0, 0.1) is 6.92 Å². The van der Waals surface area contributed by atoms with Gasteiger partial charge in [0.05, 0.1) is 0 Å². The number of nitrogens with one attached hydrogen (secondary N) is 2. The number of carbonyl (C=O) groups is 3. The van der Waals surface area contributed by atoms with Gasteiger partial charge in [-0.05, 0) is 26.0 Å². The van der Waals surface area contributed by atoms with Crippen LogP contribution in [0.25, 0.3) is 0 Å². The number of anilines is 1. The lowest BCUT2D eigenvalue weighted by Gasteiger charge is -2.28. The van der Waals surface area contributed by atoms with Gasteiger partial charge in [0.1, 0.15) is 12.6 Å². The van der Waals surface area contributed by atoms with Gasteiger partial charge >= 0.3 is 12.0 Å². The summed E-state index contributed by atoms with van der Waals surface area (Å²) in [6.45, 7) is 3.11. The molecule has 0 radical (unpaired) electrons. The standard InChI is InChI=1S/C14H19N3O4/c1-9-4-6-11(7-5-9)17(8-12(18)19)10(2)13(20)16-14(21)15-3/h4-7,10H,8H2,1-3H3,(H,18,19)(H2,15,16,20,21). The van der Waals surface area contributed by atoms with Gasteiger partial charge in [0.25, 0.3) is 0 Å². The SMILES string of the molecule is CNC(=O)NC(=O)C(C)N(CC(=O)O)c1ccc(C)cc1. The molecule has 0 saturated carbocycles. The van der Waals surface area contributed by atoms with Crippen LogP contribution in [0.4, 0.5) is 10.5 Å². The number of aliphatic carboxylic acids is 1. The fourth-order valence-corrected chi connectivity index (χ4v) is 1.75. The maximum Gasteiger partial charge on any atom is 0.323 e. The molecule has 0 aliphatic rings. The van der Waals surface area contributed by atoms with Crippen molar-refractivity contribution in [2.45, 2.75) is 19.9 Å². The molecule has 0 fully saturated rings. The number of urea groups is 1. The molecule has 3 N–H and O–H groups in total. The van der Waals surface area contributed by atoms with Gasteiger partial charge in [-0.2, -0.15) is 0 Å². The molecule has 7 heteroatoms. The van der Waals surface area contributed by atoms with Gasteiger partial charge in [-0.1, -0.05) is 17.7 Å². The van der Waals surface area contributed by atoms with Gasteiger partial charge in [0, 0.05) is 12.7 Å². The summed E-state index contributed by atoms with van der Waals surface area (Å²) in [5, 5.41) is 13.4. The summed E-state index contributed by atoms with van der Waals surface area (Å²) in [5.41, 5.74) is 1.62. The van der Waals surface area contributed by atoms with Gasteiger partial charge < -0.3 is 15.3 Å². The Morgan fingerprint density at radius 3 is 2.29 bits per heavy atom. The van der Waals surface area contributed by atoms with Crippen molar-refractivity contribution in [3.05, 3.63) is 29.8 Å². The van der Waals surface area contributed by atoms with Gasteiger partial charge in [0.2, 0.25) is 5.91 Å². The van der Waals surface area contributed by atoms with Crippen LogP contribution in [0.5, 0.6) is 0 Å². The Morgan fingerprint density at radius 2 is 1.81 bits per heavy atom. The van der Waals surface area contributed by atoms with Crippen molar-refractivity contribution in [1.29, 1.82) is 0 Å². The first-order chi connectivity index (χ1) is 9.85. The van der Waals surface area contributed by atoms with Crippen molar-refractivity contribution >= 4 is 23.6 Å². The highest BCUT2D eigenvalue weighted by Gasteiger charge is 2.24. The fourth-order valence-electron chi connectivity index (χ4n) is 1.75. The molecule has 21 heavy (non-hydrogen) atoms. The summed E-state index contributed by atoms with van der Waals surface area (Å²) >= 11 is 0. The lowest BCUT2D eigenvalue weighted by Crippen LogP contribution is -2.50. The Labute approximate surface area is 122 Å². The summed E-state index contributed by atoms with van der Waals surface area (Å²) < 4.78 is 0. The Balaban J connectivity index is 2.96. The first-order valence-corrected chi connectivity index (χ1v) is 6.42. The van der Waals surface area contributed by atoms with E-state index in [2.05, 4.69) is 10.6 Å². The molecule has 1 aromatic rings. The number of amides is 3. The minimum atomic E-state index is -1.06. The molecule has 1 rings (SSSR count). The zero-order valence-electron chi connectivity index (χ0n) is 12.2. The van der Waals surface area contributed by atoms with E-state index in [4.69, 9.17) is 5.11 Å². The van der Waals surface area contributed by atoms with Crippen LogP contribution in [0.2, 0.25) is 0 Å². The van der Waals surface area contributed by atoms with Crippen molar-refractivity contribution in [1.82, 2.24) is 10.6 Å². The van der Waals surface area contributed by atoms with E-state index in [1.54, 1.807) is 19.1 Å². The number of carboxylic acids is 1. The van der Waals surface area contributed by atoms with E-state index in [1.165, 1.54) is 11.9 Å². The zero-order valence-corrected chi connectivity index (χ0v) is 12.2. The third kappa shape index (κ3) is 4.79. The molecule has 0 saturated heterocycles. The number of imide groups is 1. The largest absolute Gasteiger partial charge is 0.480 e. The number of carbonyl (C=O) groups excluding carboxylic acids is 2. The molecule has 0 aliphatic heterocycles. The van der Waals surface area contributed by atoms with E-state index in [1.807, 2.05) is 19.1 Å². The molecule has 114 valence electrons. The van der Waals surface area contributed by atoms with E-state index in [0.717, 1.165) is 5.56 Å². The Bertz CT molecular complexity index is 528. The highest BCUT2D eigenvalue weighted by atomic mass is 16.4. The summed E-state index contributed by atoms with van der Waals surface area (Å²) in [6, 6.07) is 5.69. The maximum absolute atomic E-state index is 12.0. The van der Waals surface area contributed by atoms with Crippen LogP contribution < -0.4 is 15.5 Å². The van der Waals surface area contributed by atoms with Gasteiger partial charge in [-0.25, -0.2) is 4.79 Å². The van der Waals surface area contributed by atoms with Gasteiger partial charge in [-0.15, -0.1) is 0 Å². The zero-order chi connectivity index (χ0) is 16.0. The lowest BCUT2D eigenvalue weighted by atomic mass is 10.1. The second-order valence-electron chi connectivity index (χ2n) is 4.60. The molecular formula is C14H19N3O4. The summed E-state index contributed by atoms with van der Waals surface area (Å²) in [4.78, 5) is 35.6. The molecule has 0 aliphatic carbocycles. The van der Waals surface area contributed by atoms with Crippen molar-refractivity contribution < 1.29 is 19.5 Å². The van der Waals surface area contributed by atoms with E-state index in [9.17, 15) is 14.4 Å². The van der Waals surface area contributed by atoms with E-state index in [-0.39, 0.29) is 6.54 Å². The van der Waals surface area contributed by atoms with Crippen LogP contribution in [0.1, 0.15) is 12.5 Å². The molecule has 7 nitrogen and oxygen atoms in total. The predicted molar refractivity (Wildman–Crippen MR) is 78.2 cm³/mol. The van der Waals surface area contributed by atoms with E-state index >= 15 is 0 Å². The van der Waals surface area contributed by atoms with Crippen LogP contribution in [0.15, 0.2) is 24.3 Å². The third-order valence-corrected chi connectivity index (χ3v) is 2.98. The highest BCUT2D eigenvalue weighted by molar-refractivity contribution is 5.98. The number of benzene rings is 1. The molecule has 1 aromatic carbocycles. The number of carboxylic acid groups (broad SMARTS) is 1. The van der Waals surface area contributed by atoms with Crippen molar-refractivity contribution in [3.8, 4) is 0 Å². The average Bonchev–Trinajstić information content (AvgIpc) is 2.44. The number of nitrogens with zero attached hydrogens (tertiary/aromatic N) is 1. The van der Waals surface area contributed by atoms with E-state index in [0.29, 0.717) is 5.69 Å². The van der Waals surface area contributed by atoms with Crippen LogP contribution >= 0.6 is 0 Å². The molecular weight excluding hydrogens is 274 g/mol. The molecule has 0 spiro atoms. The van der Waals surface area contributed by atoms with Crippen LogP contribution in [-0.4, -0.2) is 42.6 Å². The average molecular weight is 293 g/mol. The van der Waals surface area contributed by atoms with Crippen molar-refractivity contribution in [2.24, 2.45) is 0 Å². The number of hydrogen-bond acceptors (Lipinski definition) is 4. The Kier molecular flexibility index (Phi) is 5.71. The minimum Gasteiger partial charge on any atom is -0.480 e. The summed E-state index contributed by atoms with van der Waals surface area (Å²) in [5.74, 6) is -1.63. The Morgan fingerprint density at radius 1 is 1.24 bits per heavy atom. The van der Waals surface area contributed by atoms with Crippen LogP contribution in [0.3, 0.4) is 0 Å². The number of aryl methyl sites for hydroxylation is 1. The monoisotopic (exact) mass is 293 g/mol. The molecule has 0 bridgehead atoms. The summed E-state index contributed by atoms with van der Waals surface area (Å²) in [7, 11) is 1.39. The molecule has 3 amide bonds. The smallest absolute Gasteiger partial charge is 0.323 e. The summed E-state index contributed by atoms with van der Waals surface area (Å²) in [6.07, 6.45) is 0. The van der Waals surface area contributed by atoms with E-state index < -0.39 is 23.9 Å². The minimum absolute atomic E-state index is 0.342. The topological polar surface area (TPSA) is 98.7 Å².